The highest BCUT2D eigenvalue weighted by atomic mass is 16.5. The van der Waals surface area contributed by atoms with Crippen molar-refractivity contribution in [3.8, 4) is 11.5 Å². The second kappa shape index (κ2) is 10.9. The maximum absolute atomic E-state index is 12.6. The second-order valence-corrected chi connectivity index (χ2v) is 7.53. The molecule has 0 aliphatic heterocycles. The summed E-state index contributed by atoms with van der Waals surface area (Å²) in [4.78, 5) is 26.2. The number of hydrogen-bond donors (Lipinski definition) is 2. The predicted octanol–water partition coefficient (Wildman–Crippen LogP) is 2.53. The van der Waals surface area contributed by atoms with E-state index in [0.717, 1.165) is 31.4 Å². The van der Waals surface area contributed by atoms with Crippen LogP contribution in [-0.4, -0.2) is 56.2 Å². The molecule has 1 saturated carbocycles. The minimum atomic E-state index is -0.880. The number of nitrogens with one attached hydrogen (secondary N) is 1. The van der Waals surface area contributed by atoms with Crippen molar-refractivity contribution in [2.24, 2.45) is 11.8 Å². The maximum Gasteiger partial charge on any atom is 0.307 e. The Balaban J connectivity index is 1.99. The Morgan fingerprint density at radius 3 is 2.57 bits per heavy atom. The van der Waals surface area contributed by atoms with E-state index in [1.807, 2.05) is 32.3 Å². The molecule has 1 aromatic rings. The molecule has 2 atom stereocenters. The molecule has 1 aliphatic rings. The fraction of sp³-hybridized carbons (Fsp3) is 0.619. The molecule has 0 bridgehead atoms. The van der Waals surface area contributed by atoms with Crippen LogP contribution >= 0.6 is 0 Å². The summed E-state index contributed by atoms with van der Waals surface area (Å²) in [5.74, 6) is -0.760. The number of carboxylic acid groups (broad SMARTS) is 1. The Morgan fingerprint density at radius 2 is 1.93 bits per heavy atom. The van der Waals surface area contributed by atoms with Crippen LogP contribution in [0.3, 0.4) is 0 Å². The van der Waals surface area contributed by atoms with Crippen LogP contribution in [0.15, 0.2) is 18.2 Å². The Hall–Kier alpha value is -2.28. The molecule has 0 spiro atoms. The zero-order chi connectivity index (χ0) is 20.5. The topological polar surface area (TPSA) is 88.1 Å². The zero-order valence-electron chi connectivity index (χ0n) is 17.1. The van der Waals surface area contributed by atoms with Crippen LogP contribution in [-0.2, 0) is 16.1 Å². The third-order valence-corrected chi connectivity index (χ3v) is 5.15. The molecule has 2 N–H and O–H groups in total. The highest BCUT2D eigenvalue weighted by Gasteiger charge is 2.35. The first-order chi connectivity index (χ1) is 13.4. The molecule has 1 amide bonds. The average molecular weight is 392 g/mol. The van der Waals surface area contributed by atoms with E-state index >= 15 is 0 Å². The van der Waals surface area contributed by atoms with Crippen molar-refractivity contribution in [3.63, 3.8) is 0 Å². The van der Waals surface area contributed by atoms with Gasteiger partial charge in [0.05, 0.1) is 25.6 Å². The molecule has 1 aromatic carbocycles. The normalized spacial score (nSPS) is 19.3. The van der Waals surface area contributed by atoms with Gasteiger partial charge in [-0.25, -0.2) is 0 Å². The van der Waals surface area contributed by atoms with Crippen LogP contribution in [0.1, 0.15) is 37.7 Å². The van der Waals surface area contributed by atoms with Crippen LogP contribution in [0.25, 0.3) is 0 Å². The minimum absolute atomic E-state index is 0.193. The van der Waals surface area contributed by atoms with Crippen LogP contribution in [0, 0.1) is 11.8 Å². The fourth-order valence-electron chi connectivity index (χ4n) is 3.56. The molecule has 156 valence electrons. The number of carboxylic acids is 1. The van der Waals surface area contributed by atoms with Crippen LogP contribution in [0.4, 0.5) is 0 Å². The van der Waals surface area contributed by atoms with Crippen LogP contribution < -0.4 is 14.8 Å². The highest BCUT2D eigenvalue weighted by molar-refractivity contribution is 5.84. The molecular weight excluding hydrogens is 360 g/mol. The Kier molecular flexibility index (Phi) is 8.57. The number of carbonyl (C=O) groups excluding carboxylic acids is 1. The monoisotopic (exact) mass is 392 g/mol. The largest absolute Gasteiger partial charge is 0.497 e. The number of ether oxygens (including phenoxy) is 2. The molecular formula is C21H32N2O5. The fourth-order valence-corrected chi connectivity index (χ4v) is 3.56. The lowest BCUT2D eigenvalue weighted by Gasteiger charge is -2.27. The summed E-state index contributed by atoms with van der Waals surface area (Å²) < 4.78 is 11.2. The van der Waals surface area contributed by atoms with Gasteiger partial charge in [-0.05, 0) is 45.5 Å². The third-order valence-electron chi connectivity index (χ3n) is 5.15. The summed E-state index contributed by atoms with van der Waals surface area (Å²) in [6.07, 6.45) is 3.84. The number of carbonyl (C=O) groups is 2. The number of aliphatic carboxylic acids is 1. The number of benzene rings is 1. The predicted molar refractivity (Wildman–Crippen MR) is 107 cm³/mol. The van der Waals surface area contributed by atoms with Gasteiger partial charge in [-0.3, -0.25) is 9.59 Å². The van der Waals surface area contributed by atoms with Gasteiger partial charge in [0.25, 0.3) is 0 Å². The van der Waals surface area contributed by atoms with Crippen molar-refractivity contribution in [3.05, 3.63) is 23.8 Å². The molecule has 2 rings (SSSR count). The molecule has 28 heavy (non-hydrogen) atoms. The maximum atomic E-state index is 12.6. The van der Waals surface area contributed by atoms with Gasteiger partial charge in [0.2, 0.25) is 5.91 Å². The number of rotatable bonds is 10. The first-order valence-corrected chi connectivity index (χ1v) is 9.87. The summed E-state index contributed by atoms with van der Waals surface area (Å²) in [5, 5.41) is 12.3. The second-order valence-electron chi connectivity index (χ2n) is 7.53. The standard InChI is InChI=1S/C21H32N2O5/c1-23(2)11-6-12-28-19-13-16(27-3)10-9-15(19)14-22-20(24)17-7-4-5-8-18(17)21(25)26/h9-10,13,17-18H,4-8,11-12,14H2,1-3H3,(H,22,24)(H,25,26). The summed E-state index contributed by atoms with van der Waals surface area (Å²) in [6, 6.07) is 5.52. The van der Waals surface area contributed by atoms with E-state index < -0.39 is 17.8 Å². The van der Waals surface area contributed by atoms with E-state index in [4.69, 9.17) is 9.47 Å². The SMILES string of the molecule is COc1ccc(CNC(=O)C2CCCCC2C(=O)O)c(OCCCN(C)C)c1. The first kappa shape index (κ1) is 22.0. The van der Waals surface area contributed by atoms with Gasteiger partial charge in [-0.2, -0.15) is 0 Å². The lowest BCUT2D eigenvalue weighted by molar-refractivity contribution is -0.148. The molecule has 2 unspecified atom stereocenters. The van der Waals surface area contributed by atoms with Gasteiger partial charge in [0.1, 0.15) is 11.5 Å². The quantitative estimate of drug-likeness (QED) is 0.595. The third kappa shape index (κ3) is 6.41. The van der Waals surface area contributed by atoms with E-state index in [1.54, 1.807) is 7.11 Å². The summed E-state index contributed by atoms with van der Waals surface area (Å²) in [5.41, 5.74) is 0.849. The molecule has 7 heteroatoms. The summed E-state index contributed by atoms with van der Waals surface area (Å²) in [7, 11) is 5.63. The smallest absolute Gasteiger partial charge is 0.307 e. The van der Waals surface area contributed by atoms with Gasteiger partial charge in [-0.1, -0.05) is 12.8 Å². The number of methoxy groups -OCH3 is 1. The van der Waals surface area contributed by atoms with E-state index in [0.29, 0.717) is 37.5 Å². The van der Waals surface area contributed by atoms with E-state index in [9.17, 15) is 14.7 Å². The first-order valence-electron chi connectivity index (χ1n) is 9.87. The van der Waals surface area contributed by atoms with Gasteiger partial charge in [0.15, 0.2) is 0 Å². The molecule has 1 fully saturated rings. The van der Waals surface area contributed by atoms with Crippen molar-refractivity contribution < 1.29 is 24.2 Å². The average Bonchev–Trinajstić information content (AvgIpc) is 2.69. The molecule has 0 aromatic heterocycles. The van der Waals surface area contributed by atoms with Crippen molar-refractivity contribution in [2.45, 2.75) is 38.6 Å². The molecule has 0 heterocycles. The lowest BCUT2D eigenvalue weighted by Crippen LogP contribution is -2.39. The van der Waals surface area contributed by atoms with Crippen molar-refractivity contribution in [1.29, 1.82) is 0 Å². The van der Waals surface area contributed by atoms with E-state index in [1.165, 1.54) is 0 Å². The molecule has 0 saturated heterocycles. The Morgan fingerprint density at radius 1 is 1.21 bits per heavy atom. The number of hydrogen-bond acceptors (Lipinski definition) is 5. The van der Waals surface area contributed by atoms with Gasteiger partial charge >= 0.3 is 5.97 Å². The lowest BCUT2D eigenvalue weighted by atomic mass is 9.78. The van der Waals surface area contributed by atoms with Crippen molar-refractivity contribution >= 4 is 11.9 Å². The Labute approximate surface area is 167 Å². The minimum Gasteiger partial charge on any atom is -0.497 e. The summed E-state index contributed by atoms with van der Waals surface area (Å²) >= 11 is 0. The molecule has 7 nitrogen and oxygen atoms in total. The number of amides is 1. The highest BCUT2D eigenvalue weighted by Crippen LogP contribution is 2.31. The van der Waals surface area contributed by atoms with Gasteiger partial charge in [-0.15, -0.1) is 0 Å². The van der Waals surface area contributed by atoms with Crippen molar-refractivity contribution in [1.82, 2.24) is 10.2 Å². The van der Waals surface area contributed by atoms with Crippen LogP contribution in [0.5, 0.6) is 11.5 Å². The van der Waals surface area contributed by atoms with E-state index in [2.05, 4.69) is 10.2 Å². The number of nitrogens with zero attached hydrogens (tertiary/aromatic N) is 1. The zero-order valence-corrected chi connectivity index (χ0v) is 17.1. The van der Waals surface area contributed by atoms with Crippen molar-refractivity contribution in [2.75, 3.05) is 34.4 Å². The van der Waals surface area contributed by atoms with E-state index in [-0.39, 0.29) is 5.91 Å². The Bertz CT molecular complexity index is 662. The van der Waals surface area contributed by atoms with Gasteiger partial charge < -0.3 is 24.8 Å². The van der Waals surface area contributed by atoms with Gasteiger partial charge in [0, 0.05) is 24.7 Å². The van der Waals surface area contributed by atoms with Crippen LogP contribution in [0.2, 0.25) is 0 Å². The molecule has 1 aliphatic carbocycles. The molecule has 0 radical (unpaired) electrons. The summed E-state index contributed by atoms with van der Waals surface area (Å²) in [6.45, 7) is 1.79.